The lowest BCUT2D eigenvalue weighted by molar-refractivity contribution is 0.0953. The molecule has 0 bridgehead atoms. The molecule has 0 aromatic carbocycles. The summed E-state index contributed by atoms with van der Waals surface area (Å²) in [6.07, 6.45) is 9.95. The molecule has 2 aliphatic carbocycles. The molecule has 2 atom stereocenters. The van der Waals surface area contributed by atoms with Crippen LogP contribution in [0.3, 0.4) is 0 Å². The number of hydrogen-bond acceptors (Lipinski definition) is 3. The number of rotatable bonds is 6. The van der Waals surface area contributed by atoms with Crippen LogP contribution < -0.4 is 5.32 Å². The van der Waals surface area contributed by atoms with Gasteiger partial charge in [-0.05, 0) is 44.6 Å². The molecule has 2 saturated carbocycles. The zero-order valence-electron chi connectivity index (χ0n) is 13.3. The second kappa shape index (κ2) is 7.24. The van der Waals surface area contributed by atoms with Crippen LogP contribution in [0, 0.1) is 5.92 Å². The summed E-state index contributed by atoms with van der Waals surface area (Å²) in [5.41, 5.74) is 0. The van der Waals surface area contributed by atoms with Crippen molar-refractivity contribution in [3.8, 4) is 0 Å². The van der Waals surface area contributed by atoms with E-state index >= 15 is 0 Å². The molecule has 3 nitrogen and oxygen atoms in total. The summed E-state index contributed by atoms with van der Waals surface area (Å²) >= 11 is 0. The van der Waals surface area contributed by atoms with Gasteiger partial charge in [0.25, 0.3) is 0 Å². The Balaban J connectivity index is 1.43. The van der Waals surface area contributed by atoms with Crippen LogP contribution in [0.4, 0.5) is 0 Å². The van der Waals surface area contributed by atoms with Crippen molar-refractivity contribution < 1.29 is 0 Å². The first kappa shape index (κ1) is 14.8. The van der Waals surface area contributed by atoms with E-state index in [0.29, 0.717) is 0 Å². The van der Waals surface area contributed by atoms with Gasteiger partial charge in [0.1, 0.15) is 0 Å². The SMILES string of the molecule is CCCNC1CCCCC1CN1CCN(C2CC2)CC1. The molecule has 3 aliphatic rings. The fourth-order valence-corrected chi connectivity index (χ4v) is 4.11. The molecule has 0 aromatic rings. The molecule has 0 amide bonds. The average molecular weight is 279 g/mol. The molecule has 0 spiro atoms. The maximum Gasteiger partial charge on any atom is 0.0113 e. The zero-order valence-corrected chi connectivity index (χ0v) is 13.3. The third-order valence-electron chi connectivity index (χ3n) is 5.53. The molecular weight excluding hydrogens is 246 g/mol. The lowest BCUT2D eigenvalue weighted by Gasteiger charge is -2.40. The van der Waals surface area contributed by atoms with Gasteiger partial charge in [0.15, 0.2) is 0 Å². The van der Waals surface area contributed by atoms with E-state index in [1.54, 1.807) is 0 Å². The molecule has 1 heterocycles. The van der Waals surface area contributed by atoms with Crippen molar-refractivity contribution >= 4 is 0 Å². The van der Waals surface area contributed by atoms with Crippen LogP contribution in [0.1, 0.15) is 51.9 Å². The Hall–Kier alpha value is -0.120. The minimum absolute atomic E-state index is 0.796. The van der Waals surface area contributed by atoms with Crippen LogP contribution in [-0.2, 0) is 0 Å². The van der Waals surface area contributed by atoms with Crippen molar-refractivity contribution in [1.29, 1.82) is 0 Å². The van der Waals surface area contributed by atoms with Crippen molar-refractivity contribution in [2.24, 2.45) is 5.92 Å². The molecule has 20 heavy (non-hydrogen) atoms. The van der Waals surface area contributed by atoms with Crippen molar-refractivity contribution in [3.05, 3.63) is 0 Å². The Morgan fingerprint density at radius 3 is 2.40 bits per heavy atom. The highest BCUT2D eigenvalue weighted by Gasteiger charge is 2.32. The highest BCUT2D eigenvalue weighted by atomic mass is 15.3. The largest absolute Gasteiger partial charge is 0.314 e. The molecule has 3 fully saturated rings. The van der Waals surface area contributed by atoms with Crippen LogP contribution in [0.2, 0.25) is 0 Å². The van der Waals surface area contributed by atoms with E-state index in [2.05, 4.69) is 22.0 Å². The Morgan fingerprint density at radius 1 is 0.950 bits per heavy atom. The van der Waals surface area contributed by atoms with E-state index in [-0.39, 0.29) is 0 Å². The van der Waals surface area contributed by atoms with Gasteiger partial charge in [-0.15, -0.1) is 0 Å². The summed E-state index contributed by atoms with van der Waals surface area (Å²) in [6, 6.07) is 1.76. The monoisotopic (exact) mass is 279 g/mol. The predicted octanol–water partition coefficient (Wildman–Crippen LogP) is 2.32. The molecule has 3 rings (SSSR count). The lowest BCUT2D eigenvalue weighted by atomic mass is 9.84. The summed E-state index contributed by atoms with van der Waals surface area (Å²) in [5.74, 6) is 0.905. The molecule has 116 valence electrons. The Labute approximate surface area is 125 Å². The topological polar surface area (TPSA) is 18.5 Å². The molecule has 2 unspecified atom stereocenters. The van der Waals surface area contributed by atoms with Crippen LogP contribution in [0.15, 0.2) is 0 Å². The first-order valence-electron chi connectivity index (χ1n) is 9.06. The van der Waals surface area contributed by atoms with Crippen molar-refractivity contribution in [1.82, 2.24) is 15.1 Å². The first-order chi connectivity index (χ1) is 9.86. The highest BCUT2D eigenvalue weighted by molar-refractivity contribution is 4.89. The van der Waals surface area contributed by atoms with Gasteiger partial charge in [-0.2, -0.15) is 0 Å². The van der Waals surface area contributed by atoms with Crippen LogP contribution in [0.5, 0.6) is 0 Å². The lowest BCUT2D eigenvalue weighted by Crippen LogP contribution is -2.51. The minimum atomic E-state index is 0.796. The van der Waals surface area contributed by atoms with Gasteiger partial charge in [0.05, 0.1) is 0 Å². The van der Waals surface area contributed by atoms with Gasteiger partial charge in [0, 0.05) is 44.8 Å². The van der Waals surface area contributed by atoms with E-state index in [9.17, 15) is 0 Å². The van der Waals surface area contributed by atoms with Gasteiger partial charge < -0.3 is 10.2 Å². The maximum atomic E-state index is 3.81. The molecular formula is C17H33N3. The van der Waals surface area contributed by atoms with Crippen LogP contribution in [-0.4, -0.2) is 61.2 Å². The van der Waals surface area contributed by atoms with Crippen molar-refractivity contribution in [2.75, 3.05) is 39.3 Å². The van der Waals surface area contributed by atoms with Crippen LogP contribution >= 0.6 is 0 Å². The molecule has 1 aliphatic heterocycles. The second-order valence-electron chi connectivity index (χ2n) is 7.17. The predicted molar refractivity (Wildman–Crippen MR) is 85.1 cm³/mol. The fourth-order valence-electron chi connectivity index (χ4n) is 4.11. The van der Waals surface area contributed by atoms with Crippen molar-refractivity contribution in [2.45, 2.75) is 64.0 Å². The third kappa shape index (κ3) is 3.96. The number of piperazine rings is 1. The second-order valence-corrected chi connectivity index (χ2v) is 7.17. The number of hydrogen-bond donors (Lipinski definition) is 1. The van der Waals surface area contributed by atoms with Gasteiger partial charge in [-0.3, -0.25) is 4.90 Å². The smallest absolute Gasteiger partial charge is 0.0113 e. The van der Waals surface area contributed by atoms with E-state index in [4.69, 9.17) is 0 Å². The van der Waals surface area contributed by atoms with Gasteiger partial charge in [0.2, 0.25) is 0 Å². The van der Waals surface area contributed by atoms with Gasteiger partial charge in [-0.25, -0.2) is 0 Å². The van der Waals surface area contributed by atoms with E-state index < -0.39 is 0 Å². The first-order valence-corrected chi connectivity index (χ1v) is 9.06. The average Bonchev–Trinajstić information content (AvgIpc) is 3.32. The molecule has 1 N–H and O–H groups in total. The summed E-state index contributed by atoms with van der Waals surface area (Å²) in [6.45, 7) is 10.1. The van der Waals surface area contributed by atoms with Gasteiger partial charge >= 0.3 is 0 Å². The van der Waals surface area contributed by atoms with E-state index in [1.807, 2.05) is 0 Å². The van der Waals surface area contributed by atoms with E-state index in [0.717, 1.165) is 18.0 Å². The molecule has 3 heteroatoms. The van der Waals surface area contributed by atoms with Crippen molar-refractivity contribution in [3.63, 3.8) is 0 Å². The van der Waals surface area contributed by atoms with Crippen LogP contribution in [0.25, 0.3) is 0 Å². The zero-order chi connectivity index (χ0) is 13.8. The maximum absolute atomic E-state index is 3.81. The van der Waals surface area contributed by atoms with Gasteiger partial charge in [-0.1, -0.05) is 19.8 Å². The molecule has 0 aromatic heterocycles. The summed E-state index contributed by atoms with van der Waals surface area (Å²) in [7, 11) is 0. The Bertz CT molecular complexity index is 282. The minimum Gasteiger partial charge on any atom is -0.314 e. The molecule has 0 radical (unpaired) electrons. The standard InChI is InChI=1S/C17H33N3/c1-2-9-18-17-6-4-3-5-15(17)14-19-10-12-20(13-11-19)16-7-8-16/h15-18H,2-14H2,1H3. The normalized spacial score (nSPS) is 33.5. The quantitative estimate of drug-likeness (QED) is 0.805. The summed E-state index contributed by atoms with van der Waals surface area (Å²) < 4.78 is 0. The third-order valence-corrected chi connectivity index (χ3v) is 5.53. The van der Waals surface area contributed by atoms with E-state index in [1.165, 1.54) is 84.2 Å². The fraction of sp³-hybridized carbons (Fsp3) is 1.00. The summed E-state index contributed by atoms with van der Waals surface area (Å²) in [4.78, 5) is 5.47. The Kier molecular flexibility index (Phi) is 5.36. The highest BCUT2D eigenvalue weighted by Crippen LogP contribution is 2.29. The molecule has 1 saturated heterocycles. The number of nitrogens with zero attached hydrogens (tertiary/aromatic N) is 2. The summed E-state index contributed by atoms with van der Waals surface area (Å²) in [5, 5.41) is 3.81. The Morgan fingerprint density at radius 2 is 1.70 bits per heavy atom. The number of nitrogens with one attached hydrogen (secondary N) is 1.